The highest BCUT2D eigenvalue weighted by molar-refractivity contribution is 7.89. The molecule has 2 unspecified atom stereocenters. The summed E-state index contributed by atoms with van der Waals surface area (Å²) >= 11 is 0. The first-order chi connectivity index (χ1) is 9.53. The second-order valence-electron chi connectivity index (χ2n) is 5.66. The van der Waals surface area contributed by atoms with Crippen LogP contribution in [0.15, 0.2) is 29.2 Å². The molecule has 0 spiro atoms. The molecule has 1 fully saturated rings. The monoisotopic (exact) mass is 296 g/mol. The van der Waals surface area contributed by atoms with E-state index >= 15 is 0 Å². The third kappa shape index (κ3) is 3.73. The van der Waals surface area contributed by atoms with Gasteiger partial charge in [0.25, 0.3) is 0 Å². The Bertz CT molecular complexity index is 543. The van der Waals surface area contributed by atoms with E-state index in [2.05, 4.69) is 23.9 Å². The summed E-state index contributed by atoms with van der Waals surface area (Å²) in [5.74, 6) is 0.608. The fourth-order valence-corrected chi connectivity index (χ4v) is 4.17. The molecule has 1 saturated carbocycles. The number of hydrogen-bond donors (Lipinski definition) is 2. The SMILES string of the molecule is CCCNc1ccccc1S(=O)(=O)NC1CCC(C)C1. The zero-order valence-electron chi connectivity index (χ0n) is 12.2. The van der Waals surface area contributed by atoms with Crippen molar-refractivity contribution in [2.24, 2.45) is 5.92 Å². The largest absolute Gasteiger partial charge is 0.384 e. The summed E-state index contributed by atoms with van der Waals surface area (Å²) in [6, 6.07) is 7.19. The van der Waals surface area contributed by atoms with Crippen molar-refractivity contribution in [3.05, 3.63) is 24.3 Å². The van der Waals surface area contributed by atoms with Gasteiger partial charge in [-0.1, -0.05) is 26.0 Å². The van der Waals surface area contributed by atoms with Gasteiger partial charge in [0, 0.05) is 12.6 Å². The van der Waals surface area contributed by atoms with Gasteiger partial charge in [0.2, 0.25) is 10.0 Å². The molecule has 1 aliphatic rings. The molecule has 1 aliphatic carbocycles. The summed E-state index contributed by atoms with van der Waals surface area (Å²) in [7, 11) is -3.44. The van der Waals surface area contributed by atoms with E-state index in [4.69, 9.17) is 0 Å². The molecule has 4 nitrogen and oxygen atoms in total. The predicted molar refractivity (Wildman–Crippen MR) is 82.3 cm³/mol. The first-order valence-electron chi connectivity index (χ1n) is 7.38. The minimum atomic E-state index is -3.44. The van der Waals surface area contributed by atoms with E-state index in [-0.39, 0.29) is 6.04 Å². The highest BCUT2D eigenvalue weighted by Crippen LogP contribution is 2.27. The van der Waals surface area contributed by atoms with Gasteiger partial charge in [-0.3, -0.25) is 0 Å². The van der Waals surface area contributed by atoms with Crippen LogP contribution in [-0.2, 0) is 10.0 Å². The van der Waals surface area contributed by atoms with Crippen LogP contribution in [0.3, 0.4) is 0 Å². The third-order valence-electron chi connectivity index (χ3n) is 3.76. The number of anilines is 1. The Labute approximate surface area is 122 Å². The third-order valence-corrected chi connectivity index (χ3v) is 5.34. The van der Waals surface area contributed by atoms with Crippen molar-refractivity contribution in [1.82, 2.24) is 4.72 Å². The van der Waals surface area contributed by atoms with Gasteiger partial charge in [-0.05, 0) is 43.7 Å². The molecule has 0 aromatic heterocycles. The molecule has 2 N–H and O–H groups in total. The van der Waals surface area contributed by atoms with Crippen LogP contribution in [0.4, 0.5) is 5.69 Å². The van der Waals surface area contributed by atoms with Gasteiger partial charge in [0.15, 0.2) is 0 Å². The lowest BCUT2D eigenvalue weighted by Gasteiger charge is -2.16. The fraction of sp³-hybridized carbons (Fsp3) is 0.600. The van der Waals surface area contributed by atoms with Crippen LogP contribution >= 0.6 is 0 Å². The summed E-state index contributed by atoms with van der Waals surface area (Å²) in [6.45, 7) is 5.00. The summed E-state index contributed by atoms with van der Waals surface area (Å²) < 4.78 is 27.9. The smallest absolute Gasteiger partial charge is 0.242 e. The average molecular weight is 296 g/mol. The fourth-order valence-electron chi connectivity index (χ4n) is 2.70. The Morgan fingerprint density at radius 3 is 2.65 bits per heavy atom. The van der Waals surface area contributed by atoms with E-state index in [1.807, 2.05) is 12.1 Å². The summed E-state index contributed by atoms with van der Waals surface area (Å²) in [5, 5.41) is 3.18. The lowest BCUT2D eigenvalue weighted by Crippen LogP contribution is -2.33. The highest BCUT2D eigenvalue weighted by atomic mass is 32.2. The molecule has 2 atom stereocenters. The second-order valence-corrected chi connectivity index (χ2v) is 7.34. The van der Waals surface area contributed by atoms with Gasteiger partial charge >= 0.3 is 0 Å². The topological polar surface area (TPSA) is 58.2 Å². The lowest BCUT2D eigenvalue weighted by atomic mass is 10.1. The first kappa shape index (κ1) is 15.3. The van der Waals surface area contributed by atoms with Gasteiger partial charge in [-0.2, -0.15) is 0 Å². The van der Waals surface area contributed by atoms with Crippen molar-refractivity contribution in [2.75, 3.05) is 11.9 Å². The Morgan fingerprint density at radius 1 is 1.25 bits per heavy atom. The second kappa shape index (κ2) is 6.59. The summed E-state index contributed by atoms with van der Waals surface area (Å²) in [4.78, 5) is 0.355. The quantitative estimate of drug-likeness (QED) is 0.848. The van der Waals surface area contributed by atoms with Crippen molar-refractivity contribution in [3.63, 3.8) is 0 Å². The molecule has 2 rings (SSSR count). The molecule has 20 heavy (non-hydrogen) atoms. The summed E-state index contributed by atoms with van der Waals surface area (Å²) in [5.41, 5.74) is 0.688. The number of rotatable bonds is 6. The molecule has 0 radical (unpaired) electrons. The number of nitrogens with one attached hydrogen (secondary N) is 2. The number of sulfonamides is 1. The summed E-state index contributed by atoms with van der Waals surface area (Å²) in [6.07, 6.45) is 3.93. The normalized spacial score (nSPS) is 22.9. The van der Waals surface area contributed by atoms with Gasteiger partial charge in [-0.15, -0.1) is 0 Å². The van der Waals surface area contributed by atoms with Gasteiger partial charge in [0.1, 0.15) is 4.90 Å². The molecule has 0 saturated heterocycles. The standard InChI is InChI=1S/C15H24N2O2S/c1-3-10-16-14-6-4-5-7-15(14)20(18,19)17-13-9-8-12(2)11-13/h4-7,12-13,16-17H,3,8-11H2,1-2H3. The molecule has 0 aliphatic heterocycles. The zero-order chi connectivity index (χ0) is 14.6. The Hall–Kier alpha value is -1.07. The zero-order valence-corrected chi connectivity index (χ0v) is 13.0. The van der Waals surface area contributed by atoms with E-state index < -0.39 is 10.0 Å². The van der Waals surface area contributed by atoms with E-state index in [1.54, 1.807) is 12.1 Å². The Kier molecular flexibility index (Phi) is 5.05. The molecule has 1 aromatic carbocycles. The molecular formula is C15H24N2O2S. The maximum atomic E-state index is 12.5. The Morgan fingerprint density at radius 2 is 2.00 bits per heavy atom. The molecule has 0 bridgehead atoms. The van der Waals surface area contributed by atoms with E-state index in [0.29, 0.717) is 16.5 Å². The molecule has 1 aromatic rings. The highest BCUT2D eigenvalue weighted by Gasteiger charge is 2.27. The number of para-hydroxylation sites is 1. The Balaban J connectivity index is 2.16. The van der Waals surface area contributed by atoms with Crippen LogP contribution in [0.1, 0.15) is 39.5 Å². The van der Waals surface area contributed by atoms with E-state index in [0.717, 1.165) is 32.2 Å². The molecule has 112 valence electrons. The maximum Gasteiger partial charge on any atom is 0.242 e. The average Bonchev–Trinajstić information content (AvgIpc) is 2.81. The van der Waals surface area contributed by atoms with Crippen LogP contribution in [0.25, 0.3) is 0 Å². The molecular weight excluding hydrogens is 272 g/mol. The van der Waals surface area contributed by atoms with E-state index in [1.165, 1.54) is 0 Å². The first-order valence-corrected chi connectivity index (χ1v) is 8.86. The molecule has 0 heterocycles. The molecule has 5 heteroatoms. The van der Waals surface area contributed by atoms with Gasteiger partial charge in [-0.25, -0.2) is 13.1 Å². The van der Waals surface area contributed by atoms with Crippen molar-refractivity contribution in [2.45, 2.75) is 50.5 Å². The number of hydrogen-bond acceptors (Lipinski definition) is 3. The van der Waals surface area contributed by atoms with Gasteiger partial charge < -0.3 is 5.32 Å². The van der Waals surface area contributed by atoms with Crippen LogP contribution in [0.5, 0.6) is 0 Å². The van der Waals surface area contributed by atoms with Crippen molar-refractivity contribution < 1.29 is 8.42 Å². The predicted octanol–water partition coefficient (Wildman–Crippen LogP) is 2.98. The van der Waals surface area contributed by atoms with Crippen LogP contribution in [-0.4, -0.2) is 21.0 Å². The number of benzene rings is 1. The van der Waals surface area contributed by atoms with Crippen LogP contribution in [0.2, 0.25) is 0 Å². The maximum absolute atomic E-state index is 12.5. The minimum absolute atomic E-state index is 0.0780. The minimum Gasteiger partial charge on any atom is -0.384 e. The van der Waals surface area contributed by atoms with Crippen molar-refractivity contribution in [3.8, 4) is 0 Å². The van der Waals surface area contributed by atoms with Crippen LogP contribution < -0.4 is 10.0 Å². The van der Waals surface area contributed by atoms with E-state index in [9.17, 15) is 8.42 Å². The van der Waals surface area contributed by atoms with Crippen molar-refractivity contribution >= 4 is 15.7 Å². The molecule has 0 amide bonds. The van der Waals surface area contributed by atoms with Crippen molar-refractivity contribution in [1.29, 1.82) is 0 Å². The van der Waals surface area contributed by atoms with Gasteiger partial charge in [0.05, 0.1) is 5.69 Å². The van der Waals surface area contributed by atoms with Crippen LogP contribution in [0, 0.1) is 5.92 Å². The lowest BCUT2D eigenvalue weighted by molar-refractivity contribution is 0.538.